The van der Waals surface area contributed by atoms with Crippen LogP contribution in [-0.4, -0.2) is 40.5 Å². The molecule has 1 atom stereocenters. The van der Waals surface area contributed by atoms with Crippen LogP contribution in [0.1, 0.15) is 29.8 Å². The standard InChI is InChI=1S/C27H26F3N4O2P/c1-15-16(2)32-22-13-21(29)26(18-7-8-23(31-14-18)37(35)11-9-36-10-12-37)34-27(22)25(15)33-17(3)19-5-4-6-20(28)24(19)30/h4-8,13-14,17H,9-12H2,1-3H3,(H,32,33)/t17-/m1/s1. The first-order valence-corrected chi connectivity index (χ1v) is 14.1. The monoisotopic (exact) mass is 526 g/mol. The van der Waals surface area contributed by atoms with Crippen molar-refractivity contribution >= 4 is 29.3 Å². The van der Waals surface area contributed by atoms with Crippen LogP contribution in [0.3, 0.4) is 0 Å². The lowest BCUT2D eigenvalue weighted by Gasteiger charge is -2.22. The molecule has 0 radical (unpaired) electrons. The summed E-state index contributed by atoms with van der Waals surface area (Å²) in [7, 11) is -2.63. The van der Waals surface area contributed by atoms with Gasteiger partial charge in [-0.3, -0.25) is 9.97 Å². The summed E-state index contributed by atoms with van der Waals surface area (Å²) in [5, 5.41) is 3.24. The number of hydrogen-bond donors (Lipinski definition) is 1. The minimum atomic E-state index is -2.63. The van der Waals surface area contributed by atoms with E-state index in [0.29, 0.717) is 59.0 Å². The van der Waals surface area contributed by atoms with Gasteiger partial charge >= 0.3 is 0 Å². The van der Waals surface area contributed by atoms with Gasteiger partial charge in [0, 0.05) is 41.4 Å². The first kappa shape index (κ1) is 25.4. The smallest absolute Gasteiger partial charge is 0.164 e. The maximum absolute atomic E-state index is 15.2. The summed E-state index contributed by atoms with van der Waals surface area (Å²) in [6.45, 7) is 6.21. The molecule has 5 rings (SSSR count). The average Bonchev–Trinajstić information content (AvgIpc) is 2.88. The van der Waals surface area contributed by atoms with Crippen molar-refractivity contribution in [2.75, 3.05) is 30.9 Å². The van der Waals surface area contributed by atoms with E-state index < -0.39 is 30.6 Å². The third kappa shape index (κ3) is 4.74. The van der Waals surface area contributed by atoms with Gasteiger partial charge in [0.05, 0.1) is 30.5 Å². The first-order valence-electron chi connectivity index (χ1n) is 12.0. The van der Waals surface area contributed by atoms with Crippen molar-refractivity contribution in [2.24, 2.45) is 0 Å². The van der Waals surface area contributed by atoms with Crippen LogP contribution in [0.4, 0.5) is 18.9 Å². The Kier molecular flexibility index (Phi) is 6.77. The number of hydrogen-bond acceptors (Lipinski definition) is 6. The number of rotatable bonds is 5. The van der Waals surface area contributed by atoms with Crippen molar-refractivity contribution in [2.45, 2.75) is 26.8 Å². The second kappa shape index (κ2) is 9.88. The summed E-state index contributed by atoms with van der Waals surface area (Å²) >= 11 is 0. The molecule has 0 bridgehead atoms. The van der Waals surface area contributed by atoms with Crippen LogP contribution in [0.2, 0.25) is 0 Å². The van der Waals surface area contributed by atoms with Gasteiger partial charge in [0.15, 0.2) is 17.5 Å². The van der Waals surface area contributed by atoms with Crippen molar-refractivity contribution < 1.29 is 22.5 Å². The highest BCUT2D eigenvalue weighted by atomic mass is 31.2. The van der Waals surface area contributed by atoms with Gasteiger partial charge in [0.1, 0.15) is 23.8 Å². The van der Waals surface area contributed by atoms with E-state index in [4.69, 9.17) is 4.74 Å². The second-order valence-corrected chi connectivity index (χ2v) is 12.4. The Morgan fingerprint density at radius 1 is 1.03 bits per heavy atom. The molecule has 0 amide bonds. The molecule has 0 unspecified atom stereocenters. The predicted molar refractivity (Wildman–Crippen MR) is 138 cm³/mol. The molecule has 37 heavy (non-hydrogen) atoms. The quantitative estimate of drug-likeness (QED) is 0.326. The summed E-state index contributed by atoms with van der Waals surface area (Å²) in [5.74, 6) is -2.43. The van der Waals surface area contributed by atoms with Crippen molar-refractivity contribution in [1.29, 1.82) is 0 Å². The van der Waals surface area contributed by atoms with E-state index in [-0.39, 0.29) is 11.3 Å². The lowest BCUT2D eigenvalue weighted by molar-refractivity contribution is 0.156. The lowest BCUT2D eigenvalue weighted by atomic mass is 10.0. The van der Waals surface area contributed by atoms with Crippen LogP contribution in [0.25, 0.3) is 22.3 Å². The number of aromatic nitrogens is 3. The molecule has 0 spiro atoms. The molecule has 192 valence electrons. The minimum Gasteiger partial charge on any atom is -0.380 e. The van der Waals surface area contributed by atoms with Gasteiger partial charge < -0.3 is 14.6 Å². The van der Waals surface area contributed by atoms with E-state index in [1.165, 1.54) is 24.4 Å². The number of benzene rings is 1. The van der Waals surface area contributed by atoms with E-state index in [2.05, 4.69) is 20.3 Å². The van der Waals surface area contributed by atoms with Crippen LogP contribution in [0.15, 0.2) is 42.6 Å². The van der Waals surface area contributed by atoms with Gasteiger partial charge in [0.2, 0.25) is 0 Å². The minimum absolute atomic E-state index is 0.0644. The van der Waals surface area contributed by atoms with Crippen molar-refractivity contribution in [1.82, 2.24) is 15.0 Å². The van der Waals surface area contributed by atoms with Crippen LogP contribution in [0, 0.1) is 31.3 Å². The summed E-state index contributed by atoms with van der Waals surface area (Å²) in [6.07, 6.45) is 2.35. The van der Waals surface area contributed by atoms with Crippen molar-refractivity contribution in [3.63, 3.8) is 0 Å². The number of halogens is 3. The van der Waals surface area contributed by atoms with Gasteiger partial charge in [-0.25, -0.2) is 18.2 Å². The van der Waals surface area contributed by atoms with Crippen molar-refractivity contribution in [3.8, 4) is 11.3 Å². The molecule has 0 aliphatic carbocycles. The molecule has 3 aromatic heterocycles. The molecule has 1 saturated heterocycles. The van der Waals surface area contributed by atoms with Gasteiger partial charge in [-0.15, -0.1) is 0 Å². The zero-order chi connectivity index (χ0) is 26.3. The number of nitrogens with one attached hydrogen (secondary N) is 1. The maximum Gasteiger partial charge on any atom is 0.164 e. The summed E-state index contributed by atoms with van der Waals surface area (Å²) in [4.78, 5) is 13.5. The fourth-order valence-corrected chi connectivity index (χ4v) is 6.68. The topological polar surface area (TPSA) is 77.0 Å². The predicted octanol–water partition coefficient (Wildman–Crippen LogP) is 5.92. The molecule has 1 aromatic carbocycles. The largest absolute Gasteiger partial charge is 0.380 e. The Labute approximate surface area is 212 Å². The van der Waals surface area contributed by atoms with E-state index in [1.54, 1.807) is 26.0 Å². The molecule has 1 aliphatic heterocycles. The van der Waals surface area contributed by atoms with Crippen LogP contribution >= 0.6 is 7.14 Å². The summed E-state index contributed by atoms with van der Waals surface area (Å²) in [5.41, 5.74) is 3.84. The van der Waals surface area contributed by atoms with E-state index >= 15 is 4.39 Å². The highest BCUT2D eigenvalue weighted by Crippen LogP contribution is 2.45. The van der Waals surface area contributed by atoms with Crippen LogP contribution in [-0.2, 0) is 9.30 Å². The third-order valence-corrected chi connectivity index (χ3v) is 9.75. The van der Waals surface area contributed by atoms with E-state index in [1.807, 2.05) is 6.92 Å². The Bertz CT molecular complexity index is 1540. The molecule has 4 aromatic rings. The first-order chi connectivity index (χ1) is 17.7. The SMILES string of the molecule is Cc1nc2cc(F)c(-c3ccc(P4(=O)CCOCC4)nc3)nc2c(N[C@H](C)c2cccc(F)c2F)c1C. The fraction of sp³-hybridized carbons (Fsp3) is 0.296. The lowest BCUT2D eigenvalue weighted by Crippen LogP contribution is -2.23. The van der Waals surface area contributed by atoms with Crippen molar-refractivity contribution in [3.05, 3.63) is 76.9 Å². The molecular formula is C27H26F3N4O2P. The number of nitrogens with zero attached hydrogens (tertiary/aromatic N) is 3. The molecule has 1 fully saturated rings. The molecule has 1 N–H and O–H groups in total. The van der Waals surface area contributed by atoms with E-state index in [0.717, 1.165) is 11.6 Å². The number of ether oxygens (including phenoxy) is 1. The number of aryl methyl sites for hydroxylation is 1. The molecule has 6 nitrogen and oxygen atoms in total. The Hall–Kier alpha value is -3.29. The molecular weight excluding hydrogens is 500 g/mol. The molecule has 0 saturated carbocycles. The Balaban J connectivity index is 1.56. The van der Waals surface area contributed by atoms with Gasteiger partial charge in [-0.1, -0.05) is 12.1 Å². The average molecular weight is 526 g/mol. The summed E-state index contributed by atoms with van der Waals surface area (Å²) in [6, 6.07) is 8.06. The second-order valence-electron chi connectivity index (χ2n) is 9.25. The van der Waals surface area contributed by atoms with Crippen LogP contribution < -0.4 is 10.8 Å². The molecule has 1 aliphatic rings. The third-order valence-electron chi connectivity index (χ3n) is 6.84. The highest BCUT2D eigenvalue weighted by Gasteiger charge is 2.29. The molecule has 4 heterocycles. The van der Waals surface area contributed by atoms with Crippen LogP contribution in [0.5, 0.6) is 0 Å². The number of pyridine rings is 3. The fourth-order valence-electron chi connectivity index (χ4n) is 4.53. The van der Waals surface area contributed by atoms with E-state index in [9.17, 15) is 13.3 Å². The number of anilines is 1. The normalized spacial score (nSPS) is 16.1. The molecule has 10 heteroatoms. The maximum atomic E-state index is 15.2. The van der Waals surface area contributed by atoms with Gasteiger partial charge in [-0.2, -0.15) is 0 Å². The Morgan fingerprint density at radius 3 is 2.49 bits per heavy atom. The Morgan fingerprint density at radius 2 is 1.78 bits per heavy atom. The van der Waals surface area contributed by atoms with Gasteiger partial charge in [-0.05, 0) is 44.5 Å². The number of fused-ring (bicyclic) bond motifs is 1. The zero-order valence-corrected chi connectivity index (χ0v) is 21.6. The summed E-state index contributed by atoms with van der Waals surface area (Å²) < 4.78 is 62.0. The zero-order valence-electron chi connectivity index (χ0n) is 20.7. The van der Waals surface area contributed by atoms with Gasteiger partial charge in [0.25, 0.3) is 0 Å². The highest BCUT2D eigenvalue weighted by molar-refractivity contribution is 7.71.